The molecule has 4 rings (SSSR count). The molecule has 5 atom stereocenters. The standard InChI is InChI=1S/C18H19ClN4O4/c19-10-3-1-9(2-4-10)15(24)11-7-14(17(26)16(11)25)23-13-5-6-20-18(22-27)12(13)8-21-23/h1-4,6,8,11,14-17,24-27H,5,7H2/b22-18+/t11-,14-,15-,16-,17+/m1/s1. The second kappa shape index (κ2) is 7.05. The summed E-state index contributed by atoms with van der Waals surface area (Å²) in [7, 11) is 0. The van der Waals surface area contributed by atoms with E-state index in [2.05, 4.69) is 15.2 Å². The van der Waals surface area contributed by atoms with Gasteiger partial charge in [-0.3, -0.25) is 4.68 Å². The van der Waals surface area contributed by atoms with Crippen LogP contribution in [0, 0.1) is 5.92 Å². The average molecular weight is 391 g/mol. The molecule has 0 saturated heterocycles. The summed E-state index contributed by atoms with van der Waals surface area (Å²) >= 11 is 5.89. The molecule has 0 amide bonds. The molecule has 1 saturated carbocycles. The number of benzene rings is 1. The fraction of sp³-hybridized carbons (Fsp3) is 0.389. The van der Waals surface area contributed by atoms with Crippen molar-refractivity contribution in [1.82, 2.24) is 9.78 Å². The quantitative estimate of drug-likeness (QED) is 0.465. The van der Waals surface area contributed by atoms with Gasteiger partial charge in [0.1, 0.15) is 6.10 Å². The van der Waals surface area contributed by atoms with Crippen molar-refractivity contribution >= 4 is 23.7 Å². The molecular weight excluding hydrogens is 372 g/mol. The number of aliphatic imine (C=N–C) groups is 1. The van der Waals surface area contributed by atoms with Gasteiger partial charge in [-0.25, -0.2) is 4.99 Å². The van der Waals surface area contributed by atoms with E-state index in [0.29, 0.717) is 29.0 Å². The summed E-state index contributed by atoms with van der Waals surface area (Å²) in [5, 5.41) is 49.0. The van der Waals surface area contributed by atoms with Crippen molar-refractivity contribution in [2.24, 2.45) is 16.1 Å². The van der Waals surface area contributed by atoms with Gasteiger partial charge in [0.2, 0.25) is 5.84 Å². The number of amidine groups is 1. The van der Waals surface area contributed by atoms with E-state index < -0.39 is 30.3 Å². The number of hydrogen-bond acceptors (Lipinski definition) is 6. The number of halogens is 1. The van der Waals surface area contributed by atoms with Crippen molar-refractivity contribution < 1.29 is 20.5 Å². The molecule has 1 fully saturated rings. The van der Waals surface area contributed by atoms with E-state index >= 15 is 0 Å². The fourth-order valence-corrected chi connectivity index (χ4v) is 4.06. The smallest absolute Gasteiger partial charge is 0.201 e. The van der Waals surface area contributed by atoms with Crippen LogP contribution >= 0.6 is 11.6 Å². The third-order valence-electron chi connectivity index (χ3n) is 5.36. The molecule has 1 aliphatic heterocycles. The summed E-state index contributed by atoms with van der Waals surface area (Å²) in [6, 6.07) is 6.25. The van der Waals surface area contributed by atoms with E-state index in [1.54, 1.807) is 35.2 Å². The predicted molar refractivity (Wildman–Crippen MR) is 98.3 cm³/mol. The molecule has 0 unspecified atom stereocenters. The molecule has 2 aliphatic rings. The highest BCUT2D eigenvalue weighted by atomic mass is 35.5. The maximum Gasteiger partial charge on any atom is 0.201 e. The molecule has 9 heteroatoms. The summed E-state index contributed by atoms with van der Waals surface area (Å²) in [6.45, 7) is 0. The normalized spacial score (nSPS) is 29.9. The number of oxime groups is 1. The van der Waals surface area contributed by atoms with Crippen LogP contribution < -0.4 is 0 Å². The van der Waals surface area contributed by atoms with Crippen molar-refractivity contribution in [2.75, 3.05) is 0 Å². The Bertz CT molecular complexity index is 895. The molecule has 2 heterocycles. The molecule has 27 heavy (non-hydrogen) atoms. The van der Waals surface area contributed by atoms with Crippen molar-refractivity contribution in [1.29, 1.82) is 0 Å². The minimum atomic E-state index is -1.11. The first-order valence-corrected chi connectivity index (χ1v) is 9.00. The molecule has 142 valence electrons. The van der Waals surface area contributed by atoms with Crippen molar-refractivity contribution in [3.8, 4) is 0 Å². The first kappa shape index (κ1) is 18.1. The molecule has 0 bridgehead atoms. The van der Waals surface area contributed by atoms with Gasteiger partial charge in [0.05, 0.1) is 35.7 Å². The number of aromatic nitrogens is 2. The fourth-order valence-electron chi connectivity index (χ4n) is 3.94. The lowest BCUT2D eigenvalue weighted by molar-refractivity contribution is -0.0274. The largest absolute Gasteiger partial charge is 0.409 e. The van der Waals surface area contributed by atoms with Gasteiger partial charge in [0, 0.05) is 23.6 Å². The summed E-state index contributed by atoms with van der Waals surface area (Å²) in [5.41, 5.74) is 1.96. The number of fused-ring (bicyclic) bond motifs is 1. The third kappa shape index (κ3) is 3.04. The van der Waals surface area contributed by atoms with Crippen LogP contribution in [-0.4, -0.2) is 54.6 Å². The molecule has 0 spiro atoms. The molecule has 2 aromatic rings. The second-order valence-electron chi connectivity index (χ2n) is 6.83. The van der Waals surface area contributed by atoms with Crippen molar-refractivity contribution in [3.63, 3.8) is 0 Å². The van der Waals surface area contributed by atoms with E-state index in [-0.39, 0.29) is 5.84 Å². The predicted octanol–water partition coefficient (Wildman–Crippen LogP) is 1.32. The zero-order valence-corrected chi connectivity index (χ0v) is 15.0. The Morgan fingerprint density at radius 2 is 1.93 bits per heavy atom. The van der Waals surface area contributed by atoms with Crippen LogP contribution in [0.1, 0.15) is 35.4 Å². The van der Waals surface area contributed by atoms with Gasteiger partial charge < -0.3 is 20.5 Å². The van der Waals surface area contributed by atoms with Gasteiger partial charge in [-0.15, -0.1) is 0 Å². The van der Waals surface area contributed by atoms with Gasteiger partial charge in [-0.2, -0.15) is 5.10 Å². The van der Waals surface area contributed by atoms with Crippen molar-refractivity contribution in [2.45, 2.75) is 37.2 Å². The Morgan fingerprint density at radius 1 is 1.19 bits per heavy atom. The van der Waals surface area contributed by atoms with E-state index in [1.165, 1.54) is 6.20 Å². The van der Waals surface area contributed by atoms with Gasteiger partial charge in [0.15, 0.2) is 0 Å². The first-order chi connectivity index (χ1) is 13.0. The van der Waals surface area contributed by atoms with E-state index in [1.807, 2.05) is 0 Å². The number of nitrogens with zero attached hydrogens (tertiary/aromatic N) is 4. The molecule has 1 aromatic carbocycles. The molecular formula is C18H19ClN4O4. The summed E-state index contributed by atoms with van der Waals surface area (Å²) < 4.78 is 1.63. The van der Waals surface area contributed by atoms with E-state index in [9.17, 15) is 15.3 Å². The lowest BCUT2D eigenvalue weighted by Gasteiger charge is -2.22. The zero-order valence-electron chi connectivity index (χ0n) is 14.2. The highest BCUT2D eigenvalue weighted by Crippen LogP contribution is 2.42. The van der Waals surface area contributed by atoms with Crippen molar-refractivity contribution in [3.05, 3.63) is 52.3 Å². The lowest BCUT2D eigenvalue weighted by Crippen LogP contribution is -2.32. The van der Waals surface area contributed by atoms with Gasteiger partial charge in [0.25, 0.3) is 0 Å². The van der Waals surface area contributed by atoms with E-state index in [4.69, 9.17) is 16.8 Å². The Hall–Kier alpha value is -2.26. The molecule has 8 nitrogen and oxygen atoms in total. The highest BCUT2D eigenvalue weighted by Gasteiger charge is 2.47. The van der Waals surface area contributed by atoms with Crippen LogP contribution in [0.25, 0.3) is 0 Å². The first-order valence-electron chi connectivity index (χ1n) is 8.62. The Balaban J connectivity index is 1.62. The summed E-state index contributed by atoms with van der Waals surface area (Å²) in [4.78, 5) is 4.01. The average Bonchev–Trinajstić information content (AvgIpc) is 3.23. The maximum absolute atomic E-state index is 10.7. The zero-order chi connectivity index (χ0) is 19.1. The molecule has 0 radical (unpaired) electrons. The molecule has 1 aromatic heterocycles. The lowest BCUT2D eigenvalue weighted by atomic mass is 9.92. The summed E-state index contributed by atoms with van der Waals surface area (Å²) in [6.07, 6.45) is 0.801. The Kier molecular flexibility index (Phi) is 4.73. The minimum Gasteiger partial charge on any atom is -0.409 e. The Labute approximate surface area is 160 Å². The Morgan fingerprint density at radius 3 is 2.63 bits per heavy atom. The van der Waals surface area contributed by atoms with Crippen LogP contribution in [0.15, 0.2) is 40.6 Å². The molecule has 4 N–H and O–H groups in total. The number of rotatable bonds is 3. The number of aliphatic hydroxyl groups excluding tert-OH is 3. The van der Waals surface area contributed by atoms with E-state index in [0.717, 1.165) is 5.69 Å². The monoisotopic (exact) mass is 390 g/mol. The van der Waals surface area contributed by atoms with Crippen LogP contribution in [-0.2, 0) is 6.42 Å². The van der Waals surface area contributed by atoms with Crippen LogP contribution in [0.2, 0.25) is 5.02 Å². The van der Waals surface area contributed by atoms with Gasteiger partial charge >= 0.3 is 0 Å². The van der Waals surface area contributed by atoms with Crippen LogP contribution in [0.4, 0.5) is 0 Å². The second-order valence-corrected chi connectivity index (χ2v) is 7.27. The number of aliphatic hydroxyl groups is 3. The van der Waals surface area contributed by atoms with Gasteiger partial charge in [-0.05, 0) is 24.1 Å². The van der Waals surface area contributed by atoms with Crippen LogP contribution in [0.3, 0.4) is 0 Å². The third-order valence-corrected chi connectivity index (χ3v) is 5.61. The molecule has 1 aliphatic carbocycles. The maximum atomic E-state index is 10.7. The number of hydrogen-bond donors (Lipinski definition) is 4. The van der Waals surface area contributed by atoms with Crippen LogP contribution in [0.5, 0.6) is 0 Å². The topological polar surface area (TPSA) is 123 Å². The highest BCUT2D eigenvalue weighted by molar-refractivity contribution is 6.30. The minimum absolute atomic E-state index is 0.160. The SMILES string of the molecule is O/N=C1/N=CCc2c1cnn2[C@@H]1C[C@H]([C@H](O)c2ccc(Cl)cc2)[C@@H](O)[C@H]1O. The van der Waals surface area contributed by atoms with Gasteiger partial charge in [-0.1, -0.05) is 28.9 Å². The summed E-state index contributed by atoms with van der Waals surface area (Å²) in [5.74, 6) is -0.400.